The second-order valence-electron chi connectivity index (χ2n) is 5.65. The highest BCUT2D eigenvalue weighted by Crippen LogP contribution is 2.23. The molecule has 2 rings (SSSR count). The van der Waals surface area contributed by atoms with E-state index >= 15 is 0 Å². The minimum absolute atomic E-state index is 0.0489. The average Bonchev–Trinajstić information content (AvgIpc) is 2.40. The second-order valence-corrected chi connectivity index (χ2v) is 5.65. The Morgan fingerprint density at radius 3 is 2.35 bits per heavy atom. The highest BCUT2D eigenvalue weighted by atomic mass is 16.3. The van der Waals surface area contributed by atoms with Crippen LogP contribution < -0.4 is 5.32 Å². The Labute approximate surface area is 118 Å². The summed E-state index contributed by atoms with van der Waals surface area (Å²) in [5, 5.41) is 12.2. The van der Waals surface area contributed by atoms with Crippen LogP contribution in [0.5, 0.6) is 5.75 Å². The maximum Gasteiger partial charge on any atom is 0.256 e. The van der Waals surface area contributed by atoms with E-state index in [1.165, 1.54) is 12.3 Å². The van der Waals surface area contributed by atoms with Gasteiger partial charge in [0.15, 0.2) is 11.6 Å². The third-order valence-corrected chi connectivity index (χ3v) is 3.03. The van der Waals surface area contributed by atoms with Gasteiger partial charge in [-0.1, -0.05) is 32.9 Å². The van der Waals surface area contributed by atoms with Gasteiger partial charge in [0.25, 0.3) is 5.91 Å². The first-order valence-corrected chi connectivity index (χ1v) is 6.44. The molecule has 2 N–H and O–H groups in total. The number of aromatic hydroxyl groups is 1. The van der Waals surface area contributed by atoms with Crippen molar-refractivity contribution >= 4 is 11.7 Å². The number of nitrogens with zero attached hydrogens (tertiary/aromatic N) is 1. The van der Waals surface area contributed by atoms with E-state index in [0.717, 1.165) is 5.56 Å². The lowest BCUT2D eigenvalue weighted by Gasteiger charge is -2.19. The van der Waals surface area contributed by atoms with Crippen molar-refractivity contribution in [1.82, 2.24) is 4.98 Å². The molecule has 0 aliphatic heterocycles. The summed E-state index contributed by atoms with van der Waals surface area (Å²) in [5.41, 5.74) is 1.74. The van der Waals surface area contributed by atoms with Crippen LogP contribution in [0, 0.1) is 0 Å². The van der Waals surface area contributed by atoms with Crippen LogP contribution in [0.25, 0.3) is 0 Å². The highest BCUT2D eigenvalue weighted by molar-refractivity contribution is 6.04. The summed E-state index contributed by atoms with van der Waals surface area (Å²) < 4.78 is 0. The molecule has 2 aromatic rings. The van der Waals surface area contributed by atoms with E-state index in [9.17, 15) is 9.90 Å². The lowest BCUT2D eigenvalue weighted by molar-refractivity contribution is 0.102. The largest absolute Gasteiger partial charge is 0.504 e. The molecule has 0 radical (unpaired) electrons. The van der Waals surface area contributed by atoms with E-state index in [-0.39, 0.29) is 22.9 Å². The summed E-state index contributed by atoms with van der Waals surface area (Å²) in [5.74, 6) is -0.177. The molecule has 1 heterocycles. The molecule has 0 spiro atoms. The molecule has 0 saturated carbocycles. The average molecular weight is 270 g/mol. The highest BCUT2D eigenvalue weighted by Gasteiger charge is 2.15. The van der Waals surface area contributed by atoms with Crippen molar-refractivity contribution in [1.29, 1.82) is 0 Å². The van der Waals surface area contributed by atoms with Crippen molar-refractivity contribution in [2.75, 3.05) is 5.32 Å². The van der Waals surface area contributed by atoms with Gasteiger partial charge >= 0.3 is 0 Å². The predicted octanol–water partition coefficient (Wildman–Crippen LogP) is 3.34. The molecule has 0 aliphatic carbocycles. The molecular formula is C16H18N2O2. The fourth-order valence-electron chi connectivity index (χ4n) is 1.79. The number of carbonyl (C=O) groups is 1. The maximum atomic E-state index is 12.1. The summed E-state index contributed by atoms with van der Waals surface area (Å²) >= 11 is 0. The van der Waals surface area contributed by atoms with Crippen molar-refractivity contribution in [3.05, 3.63) is 53.7 Å². The molecule has 1 aromatic heterocycles. The Kier molecular flexibility index (Phi) is 3.74. The summed E-state index contributed by atoms with van der Waals surface area (Å²) in [6.07, 6.45) is 1.51. The number of anilines is 1. The lowest BCUT2D eigenvalue weighted by Crippen LogP contribution is -2.15. The third kappa shape index (κ3) is 3.15. The van der Waals surface area contributed by atoms with Crippen molar-refractivity contribution < 1.29 is 9.90 Å². The molecule has 1 amide bonds. The number of amides is 1. The number of nitrogens with one attached hydrogen (secondary N) is 1. The predicted molar refractivity (Wildman–Crippen MR) is 79.0 cm³/mol. The zero-order valence-corrected chi connectivity index (χ0v) is 11.8. The van der Waals surface area contributed by atoms with Gasteiger partial charge in [-0.3, -0.25) is 4.79 Å². The van der Waals surface area contributed by atoms with Gasteiger partial charge in [0.2, 0.25) is 0 Å². The van der Waals surface area contributed by atoms with Crippen molar-refractivity contribution in [3.8, 4) is 5.75 Å². The number of rotatable bonds is 2. The number of hydrogen-bond acceptors (Lipinski definition) is 3. The third-order valence-electron chi connectivity index (χ3n) is 3.03. The first-order valence-electron chi connectivity index (χ1n) is 6.44. The molecule has 0 aliphatic rings. The second kappa shape index (κ2) is 5.33. The van der Waals surface area contributed by atoms with Crippen LogP contribution in [0.3, 0.4) is 0 Å². The van der Waals surface area contributed by atoms with E-state index < -0.39 is 0 Å². The van der Waals surface area contributed by atoms with Crippen molar-refractivity contribution in [2.24, 2.45) is 0 Å². The molecule has 1 aromatic carbocycles. The Bertz CT molecular complexity index is 613. The fourth-order valence-corrected chi connectivity index (χ4v) is 1.79. The first kappa shape index (κ1) is 14.1. The molecule has 20 heavy (non-hydrogen) atoms. The van der Waals surface area contributed by atoms with Crippen LogP contribution in [-0.4, -0.2) is 16.0 Å². The summed E-state index contributed by atoms with van der Waals surface area (Å²) in [6, 6.07) is 10.5. The quantitative estimate of drug-likeness (QED) is 0.879. The Morgan fingerprint density at radius 2 is 1.80 bits per heavy atom. The molecule has 0 fully saturated rings. The molecule has 4 heteroatoms. The van der Waals surface area contributed by atoms with E-state index in [1.807, 2.05) is 12.1 Å². The van der Waals surface area contributed by atoms with Crippen molar-refractivity contribution in [3.63, 3.8) is 0 Å². The summed E-state index contributed by atoms with van der Waals surface area (Å²) in [6.45, 7) is 6.36. The number of carbonyl (C=O) groups excluding carboxylic acids is 1. The standard InChI is InChI=1S/C16H18N2O2/c1-16(2,3)12-8-6-11(7-9-12)15(20)18-14-13(19)5-4-10-17-14/h4-10,19H,1-3H3,(H,17,18,20). The molecule has 0 bridgehead atoms. The fraction of sp³-hybridized carbons (Fsp3) is 0.250. The van der Waals surface area contributed by atoms with Gasteiger partial charge < -0.3 is 10.4 Å². The van der Waals surface area contributed by atoms with Crippen LogP contribution in [0.1, 0.15) is 36.7 Å². The topological polar surface area (TPSA) is 62.2 Å². The van der Waals surface area contributed by atoms with E-state index in [4.69, 9.17) is 0 Å². The Hall–Kier alpha value is -2.36. The zero-order chi connectivity index (χ0) is 14.8. The molecule has 104 valence electrons. The monoisotopic (exact) mass is 270 g/mol. The smallest absolute Gasteiger partial charge is 0.256 e. The van der Waals surface area contributed by atoms with Crippen LogP contribution in [-0.2, 0) is 5.41 Å². The van der Waals surface area contributed by atoms with Gasteiger partial charge in [-0.15, -0.1) is 0 Å². The van der Waals surface area contributed by atoms with Gasteiger partial charge in [-0.2, -0.15) is 0 Å². The van der Waals surface area contributed by atoms with E-state index in [1.54, 1.807) is 18.2 Å². The number of aromatic nitrogens is 1. The van der Waals surface area contributed by atoms with Gasteiger partial charge in [0.1, 0.15) is 0 Å². The maximum absolute atomic E-state index is 12.1. The Balaban J connectivity index is 2.16. The molecule has 0 unspecified atom stereocenters. The Morgan fingerprint density at radius 1 is 1.15 bits per heavy atom. The van der Waals surface area contributed by atoms with Crippen LogP contribution >= 0.6 is 0 Å². The zero-order valence-electron chi connectivity index (χ0n) is 11.8. The minimum Gasteiger partial charge on any atom is -0.504 e. The minimum atomic E-state index is -0.292. The van der Waals surface area contributed by atoms with Gasteiger partial charge in [-0.25, -0.2) is 4.98 Å². The van der Waals surface area contributed by atoms with Gasteiger partial charge in [0.05, 0.1) is 0 Å². The number of benzene rings is 1. The summed E-state index contributed by atoms with van der Waals surface area (Å²) in [4.78, 5) is 16.0. The van der Waals surface area contributed by atoms with E-state index in [2.05, 4.69) is 31.1 Å². The molecular weight excluding hydrogens is 252 g/mol. The van der Waals surface area contributed by atoms with E-state index in [0.29, 0.717) is 5.56 Å². The lowest BCUT2D eigenvalue weighted by atomic mass is 9.87. The number of hydrogen-bond donors (Lipinski definition) is 2. The van der Waals surface area contributed by atoms with Gasteiger partial charge in [0, 0.05) is 11.8 Å². The molecule has 0 atom stereocenters. The number of pyridine rings is 1. The van der Waals surface area contributed by atoms with Crippen molar-refractivity contribution in [2.45, 2.75) is 26.2 Å². The first-order chi connectivity index (χ1) is 9.38. The molecule has 0 saturated heterocycles. The van der Waals surface area contributed by atoms with Crippen LogP contribution in [0.15, 0.2) is 42.6 Å². The van der Waals surface area contributed by atoms with Crippen LogP contribution in [0.4, 0.5) is 5.82 Å². The van der Waals surface area contributed by atoms with Gasteiger partial charge in [-0.05, 0) is 35.2 Å². The SMILES string of the molecule is CC(C)(C)c1ccc(C(=O)Nc2ncccc2O)cc1. The molecule has 4 nitrogen and oxygen atoms in total. The summed E-state index contributed by atoms with van der Waals surface area (Å²) in [7, 11) is 0. The normalized spacial score (nSPS) is 11.2. The van der Waals surface area contributed by atoms with Crippen LogP contribution in [0.2, 0.25) is 0 Å².